The fourth-order valence-corrected chi connectivity index (χ4v) is 1.17. The van der Waals surface area contributed by atoms with E-state index in [1.165, 1.54) is 0 Å². The van der Waals surface area contributed by atoms with E-state index in [2.05, 4.69) is 5.32 Å². The molecule has 0 unspecified atom stereocenters. The number of phenolic OH excluding ortho intramolecular Hbond substituents is 1. The summed E-state index contributed by atoms with van der Waals surface area (Å²) in [5.74, 6) is -0.678. The van der Waals surface area contributed by atoms with E-state index >= 15 is 0 Å². The number of nitrogens with one attached hydrogen (secondary N) is 1. The molecule has 3 N–H and O–H groups in total. The number of rotatable bonds is 4. The summed E-state index contributed by atoms with van der Waals surface area (Å²) in [7, 11) is 0. The summed E-state index contributed by atoms with van der Waals surface area (Å²) < 4.78 is 0. The molecule has 4 heteroatoms. The van der Waals surface area contributed by atoms with Crippen molar-refractivity contribution in [2.24, 2.45) is 0 Å². The van der Waals surface area contributed by atoms with Crippen molar-refractivity contribution in [3.8, 4) is 5.75 Å². The number of para-hydroxylation sites is 1. The van der Waals surface area contributed by atoms with Gasteiger partial charge in [0.2, 0.25) is 0 Å². The summed E-state index contributed by atoms with van der Waals surface area (Å²) in [6.45, 7) is 2.06. The summed E-state index contributed by atoms with van der Waals surface area (Å²) in [5.41, 5.74) is 1.51. The summed E-state index contributed by atoms with van der Waals surface area (Å²) in [6, 6.07) is 5.39. The second-order valence-electron chi connectivity index (χ2n) is 3.08. The van der Waals surface area contributed by atoms with Gasteiger partial charge in [0.1, 0.15) is 5.75 Å². The van der Waals surface area contributed by atoms with Crippen LogP contribution in [0.2, 0.25) is 0 Å². The van der Waals surface area contributed by atoms with E-state index in [0.29, 0.717) is 12.1 Å². The van der Waals surface area contributed by atoms with Gasteiger partial charge >= 0.3 is 5.97 Å². The van der Waals surface area contributed by atoms with Crippen LogP contribution < -0.4 is 5.32 Å². The lowest BCUT2D eigenvalue weighted by molar-refractivity contribution is -0.136. The first kappa shape index (κ1) is 10.5. The third kappa shape index (κ3) is 2.74. The van der Waals surface area contributed by atoms with Crippen LogP contribution >= 0.6 is 0 Å². The zero-order valence-electron chi connectivity index (χ0n) is 7.95. The summed E-state index contributed by atoms with van der Waals surface area (Å²) >= 11 is 0. The van der Waals surface area contributed by atoms with Crippen LogP contribution in [0.5, 0.6) is 5.75 Å². The first-order chi connectivity index (χ1) is 6.61. The zero-order chi connectivity index (χ0) is 10.6. The van der Waals surface area contributed by atoms with Crippen molar-refractivity contribution in [3.05, 3.63) is 29.3 Å². The topological polar surface area (TPSA) is 69.6 Å². The van der Waals surface area contributed by atoms with Gasteiger partial charge in [0, 0.05) is 12.1 Å². The van der Waals surface area contributed by atoms with Gasteiger partial charge in [0.15, 0.2) is 0 Å². The minimum atomic E-state index is -0.905. The molecular formula is C10H13NO3. The molecule has 0 saturated carbocycles. The van der Waals surface area contributed by atoms with E-state index < -0.39 is 5.97 Å². The van der Waals surface area contributed by atoms with Gasteiger partial charge in [-0.1, -0.05) is 18.2 Å². The Balaban J connectivity index is 2.59. The normalized spacial score (nSPS) is 10.1. The van der Waals surface area contributed by atoms with E-state index in [1.54, 1.807) is 19.1 Å². The molecule has 0 atom stereocenters. The van der Waals surface area contributed by atoms with Crippen LogP contribution in [0.3, 0.4) is 0 Å². The molecule has 0 aromatic heterocycles. The zero-order valence-corrected chi connectivity index (χ0v) is 7.95. The minimum absolute atomic E-state index is 0.104. The Kier molecular flexibility index (Phi) is 3.48. The third-order valence-electron chi connectivity index (χ3n) is 1.91. The van der Waals surface area contributed by atoms with E-state index in [1.807, 2.05) is 6.07 Å². The molecule has 1 rings (SSSR count). The quantitative estimate of drug-likeness (QED) is 0.667. The highest BCUT2D eigenvalue weighted by molar-refractivity contribution is 5.69. The molecule has 0 aliphatic heterocycles. The maximum absolute atomic E-state index is 10.2. The number of aryl methyl sites for hydroxylation is 1. The first-order valence-electron chi connectivity index (χ1n) is 4.31. The molecule has 14 heavy (non-hydrogen) atoms. The second kappa shape index (κ2) is 4.62. The Morgan fingerprint density at radius 2 is 2.21 bits per heavy atom. The van der Waals surface area contributed by atoms with Crippen LogP contribution in [0.15, 0.2) is 18.2 Å². The van der Waals surface area contributed by atoms with Crippen molar-refractivity contribution >= 4 is 5.97 Å². The Hall–Kier alpha value is -1.55. The number of carbonyl (C=O) groups is 1. The lowest BCUT2D eigenvalue weighted by Crippen LogP contribution is -2.21. The Morgan fingerprint density at radius 3 is 2.86 bits per heavy atom. The average molecular weight is 195 g/mol. The second-order valence-corrected chi connectivity index (χ2v) is 3.08. The molecule has 4 nitrogen and oxygen atoms in total. The summed E-state index contributed by atoms with van der Waals surface area (Å²) in [4.78, 5) is 10.2. The van der Waals surface area contributed by atoms with Gasteiger partial charge in [-0.05, 0) is 12.5 Å². The molecule has 0 aliphatic carbocycles. The molecule has 0 aliphatic rings. The fraction of sp³-hybridized carbons (Fsp3) is 0.300. The highest BCUT2D eigenvalue weighted by Gasteiger charge is 2.03. The number of carboxylic acids is 1. The van der Waals surface area contributed by atoms with Crippen LogP contribution in [0, 0.1) is 6.92 Å². The molecule has 1 aromatic rings. The van der Waals surface area contributed by atoms with Gasteiger partial charge in [-0.2, -0.15) is 0 Å². The SMILES string of the molecule is Cc1cccc(CNCC(=O)O)c1O. The highest BCUT2D eigenvalue weighted by atomic mass is 16.4. The van der Waals surface area contributed by atoms with Gasteiger partial charge in [-0.15, -0.1) is 0 Å². The predicted octanol–water partition coefficient (Wildman–Crippen LogP) is 0.875. The van der Waals surface area contributed by atoms with Crippen molar-refractivity contribution in [3.63, 3.8) is 0 Å². The molecule has 0 heterocycles. The van der Waals surface area contributed by atoms with Crippen LogP contribution in [0.4, 0.5) is 0 Å². The number of aliphatic carboxylic acids is 1. The fourth-order valence-electron chi connectivity index (χ4n) is 1.17. The van der Waals surface area contributed by atoms with Crippen LogP contribution in [-0.2, 0) is 11.3 Å². The molecule has 1 aromatic carbocycles. The van der Waals surface area contributed by atoms with Gasteiger partial charge < -0.3 is 15.5 Å². The largest absolute Gasteiger partial charge is 0.507 e. The highest BCUT2D eigenvalue weighted by Crippen LogP contribution is 2.20. The van der Waals surface area contributed by atoms with Gasteiger partial charge in [0.05, 0.1) is 6.54 Å². The van der Waals surface area contributed by atoms with E-state index in [-0.39, 0.29) is 12.3 Å². The van der Waals surface area contributed by atoms with Gasteiger partial charge in [-0.3, -0.25) is 4.79 Å². The van der Waals surface area contributed by atoms with Gasteiger partial charge in [-0.25, -0.2) is 0 Å². The number of hydrogen-bond donors (Lipinski definition) is 3. The lowest BCUT2D eigenvalue weighted by Gasteiger charge is -2.06. The standard InChI is InChI=1S/C10H13NO3/c1-7-3-2-4-8(10(7)14)5-11-6-9(12)13/h2-4,11,14H,5-6H2,1H3,(H,12,13). The van der Waals surface area contributed by atoms with Crippen LogP contribution in [0.1, 0.15) is 11.1 Å². The molecule has 0 fully saturated rings. The van der Waals surface area contributed by atoms with Crippen molar-refractivity contribution < 1.29 is 15.0 Å². The smallest absolute Gasteiger partial charge is 0.317 e. The number of carboxylic acid groups (broad SMARTS) is 1. The van der Waals surface area contributed by atoms with Crippen molar-refractivity contribution in [1.82, 2.24) is 5.32 Å². The Bertz CT molecular complexity index is 336. The van der Waals surface area contributed by atoms with E-state index in [9.17, 15) is 9.90 Å². The van der Waals surface area contributed by atoms with Crippen LogP contribution in [0.25, 0.3) is 0 Å². The molecule has 76 valence electrons. The first-order valence-corrected chi connectivity index (χ1v) is 4.31. The molecular weight excluding hydrogens is 182 g/mol. The maximum atomic E-state index is 10.2. The predicted molar refractivity (Wildman–Crippen MR) is 52.2 cm³/mol. The number of benzene rings is 1. The maximum Gasteiger partial charge on any atom is 0.317 e. The average Bonchev–Trinajstić information content (AvgIpc) is 2.12. The Labute approximate surface area is 82.2 Å². The number of aromatic hydroxyl groups is 1. The molecule has 0 bridgehead atoms. The van der Waals surface area contributed by atoms with Crippen LogP contribution in [-0.4, -0.2) is 22.7 Å². The summed E-state index contributed by atoms with van der Waals surface area (Å²) in [6.07, 6.45) is 0. The number of hydrogen-bond acceptors (Lipinski definition) is 3. The summed E-state index contributed by atoms with van der Waals surface area (Å²) in [5, 5.41) is 20.7. The van der Waals surface area contributed by atoms with Crippen molar-refractivity contribution in [2.45, 2.75) is 13.5 Å². The molecule has 0 amide bonds. The Morgan fingerprint density at radius 1 is 1.50 bits per heavy atom. The molecule has 0 spiro atoms. The lowest BCUT2D eigenvalue weighted by atomic mass is 10.1. The van der Waals surface area contributed by atoms with E-state index in [0.717, 1.165) is 5.56 Å². The molecule has 0 radical (unpaired) electrons. The molecule has 0 saturated heterocycles. The van der Waals surface area contributed by atoms with Crippen molar-refractivity contribution in [2.75, 3.05) is 6.54 Å². The van der Waals surface area contributed by atoms with E-state index in [4.69, 9.17) is 5.11 Å². The minimum Gasteiger partial charge on any atom is -0.507 e. The monoisotopic (exact) mass is 195 g/mol. The number of phenols is 1. The van der Waals surface area contributed by atoms with Gasteiger partial charge in [0.25, 0.3) is 0 Å². The van der Waals surface area contributed by atoms with Crippen molar-refractivity contribution in [1.29, 1.82) is 0 Å². The third-order valence-corrected chi connectivity index (χ3v) is 1.91.